The summed E-state index contributed by atoms with van der Waals surface area (Å²) in [6.07, 6.45) is 2.16. The average molecular weight is 413 g/mol. The van der Waals surface area contributed by atoms with Crippen molar-refractivity contribution in [3.63, 3.8) is 0 Å². The molecule has 0 radical (unpaired) electrons. The number of aliphatic hydroxyl groups is 1. The van der Waals surface area contributed by atoms with Crippen LogP contribution in [-0.2, 0) is 21.5 Å². The molecular formula is C22H21F2N3O3. The van der Waals surface area contributed by atoms with E-state index in [0.29, 0.717) is 5.69 Å². The zero-order valence-electron chi connectivity index (χ0n) is 16.2. The summed E-state index contributed by atoms with van der Waals surface area (Å²) in [6.45, 7) is 0.902. The standard InChI is InChI=1S/C22H21F2N3O3/c23-14-7-13(8-15(24)9-14)11-25-19(28)22(30)5-6-27(20(22)29)16-1-2-18-17(10-16)21(3-4-21)12-26-18/h1-2,7-10,26,30H,3-6,11-12H2,(H,25,28)/t22-/m0/s1. The van der Waals surface area contributed by atoms with E-state index in [2.05, 4.69) is 10.6 Å². The molecule has 30 heavy (non-hydrogen) atoms. The maximum absolute atomic E-state index is 13.3. The fraction of sp³-hybridized carbons (Fsp3) is 0.364. The van der Waals surface area contributed by atoms with Gasteiger partial charge < -0.3 is 20.6 Å². The molecule has 0 bridgehead atoms. The summed E-state index contributed by atoms with van der Waals surface area (Å²) in [6, 6.07) is 8.62. The molecule has 5 rings (SSSR count). The third kappa shape index (κ3) is 2.94. The second-order valence-corrected chi connectivity index (χ2v) is 8.39. The van der Waals surface area contributed by atoms with Crippen LogP contribution in [-0.4, -0.2) is 35.6 Å². The smallest absolute Gasteiger partial charge is 0.268 e. The molecule has 6 nitrogen and oxygen atoms in total. The first-order valence-corrected chi connectivity index (χ1v) is 9.97. The van der Waals surface area contributed by atoms with Crippen molar-refractivity contribution in [1.29, 1.82) is 0 Å². The molecule has 2 aliphatic heterocycles. The van der Waals surface area contributed by atoms with Crippen LogP contribution in [0.2, 0.25) is 0 Å². The second kappa shape index (κ2) is 6.50. The fourth-order valence-electron chi connectivity index (χ4n) is 4.45. The second-order valence-electron chi connectivity index (χ2n) is 8.39. The van der Waals surface area contributed by atoms with Crippen molar-refractivity contribution >= 4 is 23.2 Å². The van der Waals surface area contributed by atoms with Gasteiger partial charge in [-0.2, -0.15) is 0 Å². The number of anilines is 2. The summed E-state index contributed by atoms with van der Waals surface area (Å²) in [5.41, 5.74) is 1.05. The van der Waals surface area contributed by atoms with Gasteiger partial charge in [0.15, 0.2) is 0 Å². The van der Waals surface area contributed by atoms with Crippen LogP contribution in [0.25, 0.3) is 0 Å². The number of hydrogen-bond donors (Lipinski definition) is 3. The Labute approximate surface area is 171 Å². The van der Waals surface area contributed by atoms with E-state index < -0.39 is 29.0 Å². The van der Waals surface area contributed by atoms with Crippen LogP contribution in [0.15, 0.2) is 36.4 Å². The van der Waals surface area contributed by atoms with Crippen molar-refractivity contribution in [2.45, 2.75) is 36.8 Å². The SMILES string of the molecule is O=C(NCc1cc(F)cc(F)c1)[C@@]1(O)CCN(c2ccc3c(c2)C2(CC2)CN3)C1=O. The Morgan fingerprint density at radius 3 is 2.57 bits per heavy atom. The van der Waals surface area contributed by atoms with E-state index in [9.17, 15) is 23.5 Å². The van der Waals surface area contributed by atoms with E-state index in [1.165, 1.54) is 10.5 Å². The zero-order chi connectivity index (χ0) is 21.1. The van der Waals surface area contributed by atoms with Gasteiger partial charge in [-0.3, -0.25) is 9.59 Å². The van der Waals surface area contributed by atoms with Gasteiger partial charge in [-0.25, -0.2) is 8.78 Å². The maximum atomic E-state index is 13.3. The van der Waals surface area contributed by atoms with E-state index in [1.54, 1.807) is 0 Å². The molecule has 1 saturated heterocycles. The molecular weight excluding hydrogens is 392 g/mol. The average Bonchev–Trinajstić information content (AvgIpc) is 3.32. The normalized spacial score (nSPS) is 23.4. The van der Waals surface area contributed by atoms with Gasteiger partial charge in [-0.05, 0) is 54.3 Å². The van der Waals surface area contributed by atoms with Gasteiger partial charge in [-0.15, -0.1) is 0 Å². The Morgan fingerprint density at radius 2 is 1.87 bits per heavy atom. The molecule has 156 valence electrons. The molecule has 1 spiro atoms. The van der Waals surface area contributed by atoms with Gasteiger partial charge in [0.05, 0.1) is 0 Å². The van der Waals surface area contributed by atoms with Gasteiger partial charge in [0, 0.05) is 48.9 Å². The fourth-order valence-corrected chi connectivity index (χ4v) is 4.45. The number of carbonyl (C=O) groups excluding carboxylic acids is 2. The zero-order valence-corrected chi connectivity index (χ0v) is 16.2. The highest BCUT2D eigenvalue weighted by molar-refractivity contribution is 6.16. The van der Waals surface area contributed by atoms with E-state index in [1.807, 2.05) is 18.2 Å². The molecule has 2 fully saturated rings. The highest BCUT2D eigenvalue weighted by atomic mass is 19.1. The van der Waals surface area contributed by atoms with E-state index >= 15 is 0 Å². The highest BCUT2D eigenvalue weighted by Crippen LogP contribution is 2.55. The minimum Gasteiger partial charge on any atom is -0.384 e. The Morgan fingerprint density at radius 1 is 1.13 bits per heavy atom. The summed E-state index contributed by atoms with van der Waals surface area (Å²) in [7, 11) is 0. The van der Waals surface area contributed by atoms with Crippen LogP contribution in [0.1, 0.15) is 30.4 Å². The van der Waals surface area contributed by atoms with Crippen molar-refractivity contribution in [2.24, 2.45) is 0 Å². The number of fused-ring (bicyclic) bond motifs is 2. The first-order chi connectivity index (χ1) is 14.3. The van der Waals surface area contributed by atoms with Gasteiger partial charge in [-0.1, -0.05) is 0 Å². The van der Waals surface area contributed by atoms with Gasteiger partial charge in [0.1, 0.15) is 11.6 Å². The molecule has 3 N–H and O–H groups in total. The van der Waals surface area contributed by atoms with Crippen LogP contribution >= 0.6 is 0 Å². The summed E-state index contributed by atoms with van der Waals surface area (Å²) in [5, 5.41) is 16.6. The first kappa shape index (κ1) is 19.0. The number of carbonyl (C=O) groups is 2. The topological polar surface area (TPSA) is 81.7 Å². The maximum Gasteiger partial charge on any atom is 0.268 e. The lowest BCUT2D eigenvalue weighted by atomic mass is 9.97. The molecule has 1 atom stereocenters. The van der Waals surface area contributed by atoms with Crippen LogP contribution in [0, 0.1) is 11.6 Å². The van der Waals surface area contributed by atoms with Crippen LogP contribution in [0.3, 0.4) is 0 Å². The molecule has 2 aromatic rings. The summed E-state index contributed by atoms with van der Waals surface area (Å²) in [5.74, 6) is -3.09. The number of amides is 2. The van der Waals surface area contributed by atoms with Gasteiger partial charge in [0.2, 0.25) is 5.60 Å². The quantitative estimate of drug-likeness (QED) is 0.672. The summed E-state index contributed by atoms with van der Waals surface area (Å²) < 4.78 is 26.6. The lowest BCUT2D eigenvalue weighted by Gasteiger charge is -2.22. The van der Waals surface area contributed by atoms with Crippen molar-refractivity contribution in [3.05, 3.63) is 59.2 Å². The van der Waals surface area contributed by atoms with E-state index in [-0.39, 0.29) is 30.5 Å². The van der Waals surface area contributed by atoms with Crippen molar-refractivity contribution in [3.8, 4) is 0 Å². The number of rotatable bonds is 4. The lowest BCUT2D eigenvalue weighted by molar-refractivity contribution is -0.149. The third-order valence-electron chi connectivity index (χ3n) is 6.40. The Bertz CT molecular complexity index is 1050. The van der Waals surface area contributed by atoms with Crippen LogP contribution in [0.4, 0.5) is 20.2 Å². The minimum atomic E-state index is -2.21. The van der Waals surface area contributed by atoms with E-state index in [0.717, 1.165) is 43.3 Å². The minimum absolute atomic E-state index is 0.0599. The molecule has 1 aliphatic carbocycles. The van der Waals surface area contributed by atoms with E-state index in [4.69, 9.17) is 0 Å². The highest BCUT2D eigenvalue weighted by Gasteiger charge is 2.53. The monoisotopic (exact) mass is 413 g/mol. The molecule has 1 saturated carbocycles. The largest absolute Gasteiger partial charge is 0.384 e. The van der Waals surface area contributed by atoms with Crippen LogP contribution < -0.4 is 15.5 Å². The third-order valence-corrected chi connectivity index (χ3v) is 6.40. The Kier molecular flexibility index (Phi) is 4.12. The van der Waals surface area contributed by atoms with Crippen molar-refractivity contribution in [2.75, 3.05) is 23.3 Å². The first-order valence-electron chi connectivity index (χ1n) is 9.97. The number of benzene rings is 2. The number of hydrogen-bond acceptors (Lipinski definition) is 4. The molecule has 0 aromatic heterocycles. The number of halogens is 2. The Hall–Kier alpha value is -3.00. The molecule has 2 amide bonds. The predicted octanol–water partition coefficient (Wildman–Crippen LogP) is 2.21. The summed E-state index contributed by atoms with van der Waals surface area (Å²) in [4.78, 5) is 27.0. The summed E-state index contributed by atoms with van der Waals surface area (Å²) >= 11 is 0. The molecule has 2 aromatic carbocycles. The number of nitrogens with zero attached hydrogens (tertiary/aromatic N) is 1. The van der Waals surface area contributed by atoms with Crippen LogP contribution in [0.5, 0.6) is 0 Å². The molecule has 2 heterocycles. The molecule has 0 unspecified atom stereocenters. The predicted molar refractivity (Wildman–Crippen MR) is 106 cm³/mol. The number of nitrogens with one attached hydrogen (secondary N) is 2. The van der Waals surface area contributed by atoms with Crippen molar-refractivity contribution in [1.82, 2.24) is 5.32 Å². The lowest BCUT2D eigenvalue weighted by Crippen LogP contribution is -2.52. The van der Waals surface area contributed by atoms with Gasteiger partial charge >= 0.3 is 0 Å². The Balaban J connectivity index is 1.31. The van der Waals surface area contributed by atoms with Crippen molar-refractivity contribution < 1.29 is 23.5 Å². The molecule has 3 aliphatic rings. The van der Waals surface area contributed by atoms with Gasteiger partial charge in [0.25, 0.3) is 11.8 Å². The molecule has 8 heteroatoms.